The monoisotopic (exact) mass is 165 g/mol. The molecule has 2 aromatic rings. The van der Waals surface area contributed by atoms with Gasteiger partial charge in [0.25, 0.3) is 5.78 Å². The van der Waals surface area contributed by atoms with E-state index in [0.29, 0.717) is 11.7 Å². The lowest BCUT2D eigenvalue weighted by Crippen LogP contribution is -2.04. The second-order valence-corrected chi connectivity index (χ2v) is 3.12. The highest BCUT2D eigenvalue weighted by Crippen LogP contribution is 2.11. The minimum Gasteiger partial charge on any atom is -0.266 e. The zero-order valence-electron chi connectivity index (χ0n) is 7.39. The fraction of sp³-hybridized carbons (Fsp3) is 0.571. The van der Waals surface area contributed by atoms with Gasteiger partial charge >= 0.3 is 0 Å². The van der Waals surface area contributed by atoms with Crippen LogP contribution in [0.2, 0.25) is 0 Å². The fourth-order valence-electron chi connectivity index (χ4n) is 1.30. The largest absolute Gasteiger partial charge is 0.271 e. The van der Waals surface area contributed by atoms with Gasteiger partial charge in [-0.05, 0) is 0 Å². The van der Waals surface area contributed by atoms with E-state index in [1.807, 2.05) is 16.2 Å². The third-order valence-corrected chi connectivity index (χ3v) is 1.90. The Hall–Kier alpha value is -1.39. The van der Waals surface area contributed by atoms with Gasteiger partial charge in [0.15, 0.2) is 0 Å². The highest BCUT2D eigenvalue weighted by atomic mass is 15.5. The van der Waals surface area contributed by atoms with E-state index in [0.717, 1.165) is 5.82 Å². The molecule has 0 aromatic carbocycles. The Balaban J connectivity index is 2.70. The smallest absolute Gasteiger partial charge is 0.266 e. The summed E-state index contributed by atoms with van der Waals surface area (Å²) in [6, 6.07) is 0. The molecular weight excluding hydrogens is 154 g/mol. The van der Waals surface area contributed by atoms with Gasteiger partial charge in [-0.25, -0.2) is 4.52 Å². The van der Waals surface area contributed by atoms with Crippen LogP contribution in [0.15, 0.2) is 6.33 Å². The lowest BCUT2D eigenvalue weighted by Gasteiger charge is -2.03. The molecule has 0 amide bonds. The number of aromatic nitrogens is 5. The van der Waals surface area contributed by atoms with Crippen molar-refractivity contribution in [3.8, 4) is 0 Å². The van der Waals surface area contributed by atoms with Crippen LogP contribution in [0.4, 0.5) is 0 Å². The Bertz CT molecular complexity index is 397. The van der Waals surface area contributed by atoms with E-state index in [-0.39, 0.29) is 0 Å². The summed E-state index contributed by atoms with van der Waals surface area (Å²) in [6.07, 6.45) is 1.66. The molecule has 2 rings (SSSR count). The molecule has 2 aromatic heterocycles. The van der Waals surface area contributed by atoms with E-state index in [1.165, 1.54) is 0 Å². The van der Waals surface area contributed by atoms with Gasteiger partial charge in [0.2, 0.25) is 0 Å². The maximum absolute atomic E-state index is 4.32. The second-order valence-electron chi connectivity index (χ2n) is 3.12. The first-order valence-electron chi connectivity index (χ1n) is 3.93. The van der Waals surface area contributed by atoms with Crippen LogP contribution in [0.5, 0.6) is 0 Å². The van der Waals surface area contributed by atoms with Crippen molar-refractivity contribution >= 4 is 5.78 Å². The standard InChI is InChI=1S/C7H11N5/c1-5(2)6-9-7-10-8-4-12(7)11(6)3/h4-5H,1-3H3. The average molecular weight is 165 g/mol. The van der Waals surface area contributed by atoms with Crippen molar-refractivity contribution < 1.29 is 0 Å². The minimum atomic E-state index is 0.414. The van der Waals surface area contributed by atoms with Crippen LogP contribution in [0.25, 0.3) is 5.78 Å². The number of aryl methyl sites for hydroxylation is 1. The molecule has 0 saturated carbocycles. The summed E-state index contributed by atoms with van der Waals surface area (Å²) in [4.78, 5) is 4.32. The molecule has 2 heterocycles. The second kappa shape index (κ2) is 2.30. The van der Waals surface area contributed by atoms with Crippen molar-refractivity contribution in [2.24, 2.45) is 7.05 Å². The molecule has 5 nitrogen and oxygen atoms in total. The SMILES string of the molecule is CC(C)c1nc2nncn2n1C. The van der Waals surface area contributed by atoms with Gasteiger partial charge in [-0.2, -0.15) is 4.98 Å². The van der Waals surface area contributed by atoms with Gasteiger partial charge in [0.05, 0.1) is 0 Å². The molecule has 0 bridgehead atoms. The predicted octanol–water partition coefficient (Wildman–Crippen LogP) is 0.586. The Labute approximate surface area is 70.0 Å². The molecule has 0 unspecified atom stereocenters. The Kier molecular flexibility index (Phi) is 1.39. The number of hydrogen-bond donors (Lipinski definition) is 0. The van der Waals surface area contributed by atoms with E-state index in [2.05, 4.69) is 29.0 Å². The summed E-state index contributed by atoms with van der Waals surface area (Å²) in [5.74, 6) is 2.11. The van der Waals surface area contributed by atoms with Gasteiger partial charge in [-0.1, -0.05) is 13.8 Å². The van der Waals surface area contributed by atoms with E-state index in [4.69, 9.17) is 0 Å². The molecular formula is C7H11N5. The lowest BCUT2D eigenvalue weighted by molar-refractivity contribution is 0.618. The van der Waals surface area contributed by atoms with Crippen LogP contribution in [0.1, 0.15) is 25.6 Å². The first-order chi connectivity index (χ1) is 5.70. The van der Waals surface area contributed by atoms with E-state index in [9.17, 15) is 0 Å². The molecule has 5 heteroatoms. The molecule has 0 aliphatic rings. The number of hydrogen-bond acceptors (Lipinski definition) is 3. The topological polar surface area (TPSA) is 48.0 Å². The maximum Gasteiger partial charge on any atom is 0.271 e. The van der Waals surface area contributed by atoms with Crippen LogP contribution in [0.3, 0.4) is 0 Å². The molecule has 0 atom stereocenters. The quantitative estimate of drug-likeness (QED) is 0.621. The zero-order valence-corrected chi connectivity index (χ0v) is 7.39. The number of nitrogens with zero attached hydrogens (tertiary/aromatic N) is 5. The van der Waals surface area contributed by atoms with Crippen molar-refractivity contribution in [2.75, 3.05) is 0 Å². The average Bonchev–Trinajstić information content (AvgIpc) is 2.53. The molecule has 0 radical (unpaired) electrons. The lowest BCUT2D eigenvalue weighted by atomic mass is 10.2. The molecule has 0 spiro atoms. The fourth-order valence-corrected chi connectivity index (χ4v) is 1.30. The summed E-state index contributed by atoms with van der Waals surface area (Å²) in [5.41, 5.74) is 0. The minimum absolute atomic E-state index is 0.414. The van der Waals surface area contributed by atoms with Crippen LogP contribution < -0.4 is 0 Å². The first kappa shape index (κ1) is 7.27. The summed E-state index contributed by atoms with van der Waals surface area (Å²) < 4.78 is 3.79. The van der Waals surface area contributed by atoms with E-state index < -0.39 is 0 Å². The Morgan fingerprint density at radius 3 is 2.75 bits per heavy atom. The first-order valence-corrected chi connectivity index (χ1v) is 3.93. The molecule has 12 heavy (non-hydrogen) atoms. The molecule has 0 aliphatic heterocycles. The summed E-state index contributed by atoms with van der Waals surface area (Å²) in [5, 5.41) is 7.62. The third-order valence-electron chi connectivity index (χ3n) is 1.90. The van der Waals surface area contributed by atoms with Gasteiger partial charge in [-0.15, -0.1) is 10.2 Å². The number of fused-ring (bicyclic) bond motifs is 1. The summed E-state index contributed by atoms with van der Waals surface area (Å²) >= 11 is 0. The van der Waals surface area contributed by atoms with Gasteiger partial charge in [-0.3, -0.25) is 4.68 Å². The van der Waals surface area contributed by atoms with Crippen LogP contribution in [-0.2, 0) is 7.05 Å². The van der Waals surface area contributed by atoms with Crippen LogP contribution >= 0.6 is 0 Å². The zero-order chi connectivity index (χ0) is 8.72. The Morgan fingerprint density at radius 1 is 1.42 bits per heavy atom. The third kappa shape index (κ3) is 0.823. The highest BCUT2D eigenvalue weighted by Gasteiger charge is 2.10. The molecule has 64 valence electrons. The molecule has 0 fully saturated rings. The number of rotatable bonds is 1. The predicted molar refractivity (Wildman–Crippen MR) is 43.8 cm³/mol. The summed E-state index contributed by atoms with van der Waals surface area (Å²) in [7, 11) is 1.96. The van der Waals surface area contributed by atoms with Crippen molar-refractivity contribution in [2.45, 2.75) is 19.8 Å². The van der Waals surface area contributed by atoms with Crippen molar-refractivity contribution in [3.05, 3.63) is 12.2 Å². The maximum atomic E-state index is 4.32. The van der Waals surface area contributed by atoms with Gasteiger partial charge in [0, 0.05) is 13.0 Å². The Morgan fingerprint density at radius 2 is 2.17 bits per heavy atom. The molecule has 0 aliphatic carbocycles. The summed E-state index contributed by atoms with van der Waals surface area (Å²) in [6.45, 7) is 4.21. The van der Waals surface area contributed by atoms with Crippen LogP contribution in [0, 0.1) is 0 Å². The molecule has 0 saturated heterocycles. The van der Waals surface area contributed by atoms with Gasteiger partial charge < -0.3 is 0 Å². The van der Waals surface area contributed by atoms with E-state index >= 15 is 0 Å². The van der Waals surface area contributed by atoms with E-state index in [1.54, 1.807) is 6.33 Å². The highest BCUT2D eigenvalue weighted by molar-refractivity contribution is 5.24. The normalized spacial score (nSPS) is 11.7. The van der Waals surface area contributed by atoms with Crippen molar-refractivity contribution in [1.29, 1.82) is 0 Å². The van der Waals surface area contributed by atoms with Gasteiger partial charge in [0.1, 0.15) is 12.2 Å². The van der Waals surface area contributed by atoms with Crippen molar-refractivity contribution in [1.82, 2.24) is 24.4 Å². The van der Waals surface area contributed by atoms with Crippen molar-refractivity contribution in [3.63, 3.8) is 0 Å². The van der Waals surface area contributed by atoms with Crippen LogP contribution in [-0.4, -0.2) is 24.4 Å². The molecule has 0 N–H and O–H groups in total.